The average Bonchev–Trinajstić information content (AvgIpc) is 2.59. The largest absolute Gasteiger partial charge is 0.465 e. The van der Waals surface area contributed by atoms with E-state index in [1.807, 2.05) is 0 Å². The maximum Gasteiger partial charge on any atom is 0.337 e. The summed E-state index contributed by atoms with van der Waals surface area (Å²) in [6.45, 7) is 2.22. The topological polar surface area (TPSA) is 43.4 Å². The Kier molecular flexibility index (Phi) is 9.69. The van der Waals surface area contributed by atoms with Crippen LogP contribution in [0.1, 0.15) is 79.0 Å². The summed E-state index contributed by atoms with van der Waals surface area (Å²) in [7, 11) is 1.34. The van der Waals surface area contributed by atoms with Gasteiger partial charge in [-0.2, -0.15) is 0 Å². The van der Waals surface area contributed by atoms with Crippen LogP contribution in [-0.4, -0.2) is 18.9 Å². The fourth-order valence-electron chi connectivity index (χ4n) is 2.39. The monoisotopic (exact) mass is 316 g/mol. The number of hydrogen-bond donors (Lipinski definition) is 0. The van der Waals surface area contributed by atoms with Crippen molar-refractivity contribution in [2.24, 2.45) is 0 Å². The SMILES string of the molecule is CCCCCC/C=C\CCCC(=O)c1cccc(C(=O)OC)c1. The van der Waals surface area contributed by atoms with Crippen molar-refractivity contribution < 1.29 is 14.3 Å². The van der Waals surface area contributed by atoms with Crippen LogP contribution in [0.25, 0.3) is 0 Å². The molecule has 0 atom stereocenters. The highest BCUT2D eigenvalue weighted by Crippen LogP contribution is 2.11. The first kappa shape index (κ1) is 19.1. The number of ketones is 1. The predicted molar refractivity (Wildman–Crippen MR) is 93.9 cm³/mol. The molecule has 0 unspecified atom stereocenters. The molecule has 0 aliphatic carbocycles. The standard InChI is InChI=1S/C20H28O3/c1-3-4-5-6-7-8-9-10-11-15-19(21)17-13-12-14-18(16-17)20(22)23-2/h8-9,12-14,16H,3-7,10-11,15H2,1-2H3/b9-8-. The zero-order chi connectivity index (χ0) is 16.9. The molecule has 3 heteroatoms. The fraction of sp³-hybridized carbons (Fsp3) is 0.500. The molecule has 0 saturated heterocycles. The van der Waals surface area contributed by atoms with Crippen molar-refractivity contribution in [3.05, 3.63) is 47.5 Å². The summed E-state index contributed by atoms with van der Waals surface area (Å²) in [4.78, 5) is 23.6. The third kappa shape index (κ3) is 7.78. The molecule has 126 valence electrons. The van der Waals surface area contributed by atoms with Crippen molar-refractivity contribution in [3.63, 3.8) is 0 Å². The Morgan fingerprint density at radius 1 is 1.00 bits per heavy atom. The van der Waals surface area contributed by atoms with Gasteiger partial charge in [-0.1, -0.05) is 50.5 Å². The van der Waals surface area contributed by atoms with Gasteiger partial charge in [0.2, 0.25) is 0 Å². The molecular formula is C20H28O3. The van der Waals surface area contributed by atoms with Crippen molar-refractivity contribution in [2.75, 3.05) is 7.11 Å². The molecule has 1 aromatic carbocycles. The lowest BCUT2D eigenvalue weighted by molar-refractivity contribution is 0.0600. The average molecular weight is 316 g/mol. The van der Waals surface area contributed by atoms with Crippen LogP contribution < -0.4 is 0 Å². The van der Waals surface area contributed by atoms with E-state index in [0.717, 1.165) is 19.3 Å². The van der Waals surface area contributed by atoms with Gasteiger partial charge >= 0.3 is 5.97 Å². The predicted octanol–water partition coefficient (Wildman–Crippen LogP) is 5.35. The molecule has 0 aliphatic heterocycles. The van der Waals surface area contributed by atoms with Crippen LogP contribution in [0.15, 0.2) is 36.4 Å². The zero-order valence-corrected chi connectivity index (χ0v) is 14.3. The maximum atomic E-state index is 12.1. The number of rotatable bonds is 11. The van der Waals surface area contributed by atoms with Crippen molar-refractivity contribution in [3.8, 4) is 0 Å². The summed E-state index contributed by atoms with van der Waals surface area (Å²) in [5.41, 5.74) is 1.00. The second kappa shape index (κ2) is 11.6. The van der Waals surface area contributed by atoms with E-state index >= 15 is 0 Å². The first-order valence-electron chi connectivity index (χ1n) is 8.55. The Morgan fingerprint density at radius 3 is 2.39 bits per heavy atom. The molecule has 0 radical (unpaired) electrons. The van der Waals surface area contributed by atoms with Crippen LogP contribution in [0.4, 0.5) is 0 Å². The van der Waals surface area contributed by atoms with Crippen molar-refractivity contribution in [2.45, 2.75) is 58.3 Å². The molecule has 0 N–H and O–H groups in total. The molecular weight excluding hydrogens is 288 g/mol. The highest BCUT2D eigenvalue weighted by atomic mass is 16.5. The number of hydrogen-bond acceptors (Lipinski definition) is 3. The number of unbranched alkanes of at least 4 members (excludes halogenated alkanes) is 5. The lowest BCUT2D eigenvalue weighted by Gasteiger charge is -2.03. The number of methoxy groups -OCH3 is 1. The van der Waals surface area contributed by atoms with E-state index in [9.17, 15) is 9.59 Å². The van der Waals surface area contributed by atoms with Crippen LogP contribution >= 0.6 is 0 Å². The van der Waals surface area contributed by atoms with Crippen molar-refractivity contribution in [1.29, 1.82) is 0 Å². The van der Waals surface area contributed by atoms with E-state index in [1.54, 1.807) is 24.3 Å². The van der Waals surface area contributed by atoms with Crippen molar-refractivity contribution in [1.82, 2.24) is 0 Å². The third-order valence-corrected chi connectivity index (χ3v) is 3.77. The van der Waals surface area contributed by atoms with E-state index in [0.29, 0.717) is 17.5 Å². The van der Waals surface area contributed by atoms with E-state index in [1.165, 1.54) is 32.8 Å². The van der Waals surface area contributed by atoms with Gasteiger partial charge in [-0.25, -0.2) is 4.79 Å². The summed E-state index contributed by atoms with van der Waals surface area (Å²) in [5, 5.41) is 0. The molecule has 0 amide bonds. The maximum absolute atomic E-state index is 12.1. The number of carbonyl (C=O) groups is 2. The van der Waals surface area contributed by atoms with Gasteiger partial charge in [-0.15, -0.1) is 0 Å². The number of ether oxygens (including phenoxy) is 1. The van der Waals surface area contributed by atoms with Crippen LogP contribution in [0.5, 0.6) is 0 Å². The molecule has 1 aromatic rings. The lowest BCUT2D eigenvalue weighted by Crippen LogP contribution is -2.04. The smallest absolute Gasteiger partial charge is 0.337 e. The Labute approximate surface area is 139 Å². The van der Waals surface area contributed by atoms with E-state index < -0.39 is 5.97 Å². The van der Waals surface area contributed by atoms with Gasteiger partial charge in [0.05, 0.1) is 12.7 Å². The van der Waals surface area contributed by atoms with Gasteiger partial charge in [0.25, 0.3) is 0 Å². The minimum atomic E-state index is -0.411. The Morgan fingerprint density at radius 2 is 1.70 bits per heavy atom. The third-order valence-electron chi connectivity index (χ3n) is 3.77. The molecule has 3 nitrogen and oxygen atoms in total. The molecule has 0 aromatic heterocycles. The highest BCUT2D eigenvalue weighted by molar-refractivity contribution is 5.99. The van der Waals surface area contributed by atoms with Gasteiger partial charge < -0.3 is 4.74 Å². The van der Waals surface area contributed by atoms with Gasteiger partial charge in [-0.05, 0) is 37.8 Å². The molecule has 0 heterocycles. The number of Topliss-reactive ketones (excluding diaryl/α,β-unsaturated/α-hetero) is 1. The fourth-order valence-corrected chi connectivity index (χ4v) is 2.39. The Balaban J connectivity index is 2.29. The van der Waals surface area contributed by atoms with E-state index in [2.05, 4.69) is 23.8 Å². The number of allylic oxidation sites excluding steroid dienone is 2. The summed E-state index contributed by atoms with van der Waals surface area (Å²) < 4.78 is 4.67. The molecule has 0 saturated carbocycles. The van der Waals surface area contributed by atoms with Gasteiger partial charge in [0.15, 0.2) is 5.78 Å². The molecule has 0 bridgehead atoms. The summed E-state index contributed by atoms with van der Waals surface area (Å²) in [6.07, 6.45) is 12.9. The van der Waals surface area contributed by atoms with E-state index in [-0.39, 0.29) is 5.78 Å². The quantitative estimate of drug-likeness (QED) is 0.239. The summed E-state index contributed by atoms with van der Waals surface area (Å²) >= 11 is 0. The minimum Gasteiger partial charge on any atom is -0.465 e. The summed E-state index contributed by atoms with van der Waals surface area (Å²) in [6, 6.07) is 6.73. The minimum absolute atomic E-state index is 0.0760. The van der Waals surface area contributed by atoms with Gasteiger partial charge in [0, 0.05) is 12.0 Å². The van der Waals surface area contributed by atoms with Crippen LogP contribution in [0.3, 0.4) is 0 Å². The first-order valence-corrected chi connectivity index (χ1v) is 8.55. The molecule has 0 spiro atoms. The van der Waals surface area contributed by atoms with Crippen LogP contribution in [0.2, 0.25) is 0 Å². The van der Waals surface area contributed by atoms with Crippen LogP contribution in [0, 0.1) is 0 Å². The second-order valence-electron chi connectivity index (χ2n) is 5.71. The second-order valence-corrected chi connectivity index (χ2v) is 5.71. The molecule has 0 aliphatic rings. The molecule has 23 heavy (non-hydrogen) atoms. The number of benzene rings is 1. The Hall–Kier alpha value is -1.90. The molecule has 1 rings (SSSR count). The summed E-state index contributed by atoms with van der Waals surface area (Å²) in [5.74, 6) is -0.335. The van der Waals surface area contributed by atoms with Crippen molar-refractivity contribution >= 4 is 11.8 Å². The highest BCUT2D eigenvalue weighted by Gasteiger charge is 2.10. The Bertz CT molecular complexity index is 517. The van der Waals surface area contributed by atoms with Gasteiger partial charge in [-0.3, -0.25) is 4.79 Å². The lowest BCUT2D eigenvalue weighted by atomic mass is 10.0. The van der Waals surface area contributed by atoms with E-state index in [4.69, 9.17) is 0 Å². The number of carbonyl (C=O) groups excluding carboxylic acids is 2. The first-order chi connectivity index (χ1) is 11.2. The number of esters is 1. The molecule has 0 fully saturated rings. The van der Waals surface area contributed by atoms with Gasteiger partial charge in [0.1, 0.15) is 0 Å². The zero-order valence-electron chi connectivity index (χ0n) is 14.3. The normalized spacial score (nSPS) is 10.9. The van der Waals surface area contributed by atoms with Crippen LogP contribution in [-0.2, 0) is 4.74 Å².